The van der Waals surface area contributed by atoms with Gasteiger partial charge in [-0.05, 0) is 42.0 Å². The number of anilines is 1. The van der Waals surface area contributed by atoms with Crippen LogP contribution in [0.2, 0.25) is 0 Å². The molecule has 3 aliphatic rings. The van der Waals surface area contributed by atoms with Crippen LogP contribution in [-0.2, 0) is 6.54 Å². The van der Waals surface area contributed by atoms with Gasteiger partial charge in [-0.3, -0.25) is 0 Å². The third-order valence-electron chi connectivity index (χ3n) is 8.37. The number of aromatic carboxylic acids is 1. The molecule has 1 aliphatic carbocycles. The number of fused-ring (bicyclic) bond motifs is 4. The predicted molar refractivity (Wildman–Crippen MR) is 133 cm³/mol. The van der Waals surface area contributed by atoms with E-state index in [4.69, 9.17) is 5.73 Å². The number of carboxylic acid groups (broad SMARTS) is 1. The smallest absolute Gasteiger partial charge is 0.335 e. The topological polar surface area (TPSA) is 71.5 Å². The summed E-state index contributed by atoms with van der Waals surface area (Å²) in [5.41, 5.74) is 14.8. The van der Waals surface area contributed by atoms with Crippen LogP contribution in [0, 0.1) is 5.41 Å². The highest BCUT2D eigenvalue weighted by molar-refractivity contribution is 6.00. The molecule has 3 N–H and O–H groups in total. The fourth-order valence-electron chi connectivity index (χ4n) is 6.69. The van der Waals surface area contributed by atoms with Crippen molar-refractivity contribution in [2.24, 2.45) is 11.1 Å². The molecule has 0 unspecified atom stereocenters. The Morgan fingerprint density at radius 2 is 1.88 bits per heavy atom. The van der Waals surface area contributed by atoms with Crippen molar-refractivity contribution < 1.29 is 9.90 Å². The summed E-state index contributed by atoms with van der Waals surface area (Å²) in [7, 11) is 0. The fourth-order valence-corrected chi connectivity index (χ4v) is 6.69. The Labute approximate surface area is 195 Å². The molecular weight excluding hydrogens is 410 g/mol. The van der Waals surface area contributed by atoms with Gasteiger partial charge in [-0.2, -0.15) is 0 Å². The van der Waals surface area contributed by atoms with E-state index >= 15 is 0 Å². The van der Waals surface area contributed by atoms with Gasteiger partial charge in [0.25, 0.3) is 0 Å². The lowest BCUT2D eigenvalue weighted by atomic mass is 9.75. The first-order valence-electron chi connectivity index (χ1n) is 12.4. The number of aromatic nitrogens is 1. The standard InChI is InChI=1S/C28H33N3O2/c1-28(2)16-30-13-14-31-22-15-18(27(32)33)11-12-19(22)23(17-7-4-3-5-8-17)25(31)20-9-6-10-21(24(20)30)26(28)29/h6,9-12,15,17,26H,3-5,7-8,13-14,16,29H2,1-2H3,(H,32,33)/t26-/m1/s1. The Hall–Kier alpha value is -2.79. The Bertz CT molecular complexity index is 1270. The van der Waals surface area contributed by atoms with E-state index < -0.39 is 5.97 Å². The average molecular weight is 444 g/mol. The minimum absolute atomic E-state index is 0.00336. The second-order valence-electron chi connectivity index (χ2n) is 10.9. The summed E-state index contributed by atoms with van der Waals surface area (Å²) in [5, 5.41) is 10.9. The van der Waals surface area contributed by atoms with Crippen molar-refractivity contribution in [1.29, 1.82) is 0 Å². The number of rotatable bonds is 2. The minimum atomic E-state index is -0.866. The second-order valence-corrected chi connectivity index (χ2v) is 10.9. The molecule has 6 rings (SSSR count). The van der Waals surface area contributed by atoms with Crippen LogP contribution < -0.4 is 10.6 Å². The van der Waals surface area contributed by atoms with Gasteiger partial charge < -0.3 is 20.3 Å². The zero-order valence-corrected chi connectivity index (χ0v) is 19.6. The summed E-state index contributed by atoms with van der Waals surface area (Å²) >= 11 is 0. The molecular formula is C28H33N3O2. The molecule has 0 bridgehead atoms. The highest BCUT2D eigenvalue weighted by atomic mass is 16.4. The van der Waals surface area contributed by atoms with E-state index in [0.717, 1.165) is 25.2 Å². The van der Waals surface area contributed by atoms with Crippen molar-refractivity contribution in [2.75, 3.05) is 18.0 Å². The van der Waals surface area contributed by atoms with Crippen LogP contribution in [-0.4, -0.2) is 28.7 Å². The summed E-state index contributed by atoms with van der Waals surface area (Å²) in [5.74, 6) is -0.348. The molecule has 0 radical (unpaired) electrons. The number of para-hydroxylation sites is 1. The second kappa shape index (κ2) is 7.36. The average Bonchev–Trinajstić information content (AvgIpc) is 3.05. The van der Waals surface area contributed by atoms with Crippen molar-refractivity contribution in [3.05, 3.63) is 53.1 Å². The maximum absolute atomic E-state index is 11.8. The summed E-state index contributed by atoms with van der Waals surface area (Å²) in [4.78, 5) is 14.3. The van der Waals surface area contributed by atoms with Crippen molar-refractivity contribution in [1.82, 2.24) is 4.57 Å². The normalized spacial score (nSPS) is 22.0. The Morgan fingerprint density at radius 3 is 2.64 bits per heavy atom. The summed E-state index contributed by atoms with van der Waals surface area (Å²) in [6, 6.07) is 12.4. The van der Waals surface area contributed by atoms with Crippen LogP contribution in [0.25, 0.3) is 22.2 Å². The van der Waals surface area contributed by atoms with Crippen LogP contribution in [0.4, 0.5) is 5.69 Å². The lowest BCUT2D eigenvalue weighted by Crippen LogP contribution is -2.46. The zero-order valence-electron chi connectivity index (χ0n) is 19.6. The van der Waals surface area contributed by atoms with Gasteiger partial charge in [-0.15, -0.1) is 0 Å². The lowest BCUT2D eigenvalue weighted by molar-refractivity contribution is 0.0697. The Morgan fingerprint density at radius 1 is 1.09 bits per heavy atom. The number of nitrogens with two attached hydrogens (primary N) is 1. The summed E-state index contributed by atoms with van der Waals surface area (Å²) in [6.45, 7) is 7.21. The van der Waals surface area contributed by atoms with Crippen LogP contribution in [0.15, 0.2) is 36.4 Å². The number of hydrogen-bond donors (Lipinski definition) is 2. The third kappa shape index (κ3) is 3.05. The van der Waals surface area contributed by atoms with Gasteiger partial charge in [-0.25, -0.2) is 4.79 Å². The highest BCUT2D eigenvalue weighted by Gasteiger charge is 2.40. The molecule has 172 valence electrons. The quantitative estimate of drug-likeness (QED) is 0.516. The van der Waals surface area contributed by atoms with Gasteiger partial charge in [0, 0.05) is 47.6 Å². The highest BCUT2D eigenvalue weighted by Crippen LogP contribution is 2.52. The van der Waals surface area contributed by atoms with E-state index in [-0.39, 0.29) is 11.5 Å². The van der Waals surface area contributed by atoms with Crippen LogP contribution >= 0.6 is 0 Å². The maximum atomic E-state index is 11.8. The van der Waals surface area contributed by atoms with Crippen LogP contribution in [0.5, 0.6) is 0 Å². The van der Waals surface area contributed by atoms with E-state index in [2.05, 4.69) is 47.6 Å². The van der Waals surface area contributed by atoms with E-state index in [1.807, 2.05) is 6.07 Å². The number of carbonyl (C=O) groups is 1. The molecule has 1 saturated carbocycles. The summed E-state index contributed by atoms with van der Waals surface area (Å²) in [6.07, 6.45) is 6.26. The number of benzene rings is 2. The predicted octanol–water partition coefficient (Wildman–Crippen LogP) is 5.91. The molecule has 5 heteroatoms. The largest absolute Gasteiger partial charge is 0.478 e. The maximum Gasteiger partial charge on any atom is 0.335 e. The first kappa shape index (κ1) is 20.8. The van der Waals surface area contributed by atoms with E-state index in [1.54, 1.807) is 6.07 Å². The van der Waals surface area contributed by atoms with E-state index in [9.17, 15) is 9.90 Å². The first-order valence-corrected chi connectivity index (χ1v) is 12.4. The van der Waals surface area contributed by atoms with Crippen molar-refractivity contribution in [3.8, 4) is 11.3 Å². The Kier molecular flexibility index (Phi) is 4.64. The van der Waals surface area contributed by atoms with Crippen LogP contribution in [0.1, 0.15) is 79.4 Å². The molecule has 0 spiro atoms. The van der Waals surface area contributed by atoms with Crippen molar-refractivity contribution >= 4 is 22.6 Å². The first-order chi connectivity index (χ1) is 15.9. The molecule has 1 aromatic heterocycles. The third-order valence-corrected chi connectivity index (χ3v) is 8.37. The van der Waals surface area contributed by atoms with Gasteiger partial charge in [-0.1, -0.05) is 57.4 Å². The lowest BCUT2D eigenvalue weighted by Gasteiger charge is -2.45. The molecule has 2 aromatic carbocycles. The molecule has 0 saturated heterocycles. The molecule has 3 aromatic rings. The minimum Gasteiger partial charge on any atom is -0.478 e. The molecule has 3 heterocycles. The number of carboxylic acids is 1. The SMILES string of the molecule is CC1(C)CN2CCn3c(c(C4CCCCC4)c4ccc(C(=O)O)cc43)-c3cccc(c32)[C@H]1N. The summed E-state index contributed by atoms with van der Waals surface area (Å²) < 4.78 is 2.41. The fraction of sp³-hybridized carbons (Fsp3) is 0.464. The van der Waals surface area contributed by atoms with E-state index in [0.29, 0.717) is 11.5 Å². The molecule has 5 nitrogen and oxygen atoms in total. The zero-order chi connectivity index (χ0) is 22.9. The number of hydrogen-bond acceptors (Lipinski definition) is 3. The van der Waals surface area contributed by atoms with Crippen molar-refractivity contribution in [3.63, 3.8) is 0 Å². The van der Waals surface area contributed by atoms with Crippen LogP contribution in [0.3, 0.4) is 0 Å². The molecule has 1 fully saturated rings. The van der Waals surface area contributed by atoms with Gasteiger partial charge >= 0.3 is 5.97 Å². The van der Waals surface area contributed by atoms with E-state index in [1.165, 1.54) is 65.6 Å². The Balaban J connectivity index is 1.67. The number of nitrogens with zero attached hydrogens (tertiary/aromatic N) is 2. The van der Waals surface area contributed by atoms with Gasteiger partial charge in [0.15, 0.2) is 0 Å². The van der Waals surface area contributed by atoms with Crippen molar-refractivity contribution in [2.45, 2.75) is 64.5 Å². The molecule has 33 heavy (non-hydrogen) atoms. The monoisotopic (exact) mass is 443 g/mol. The van der Waals surface area contributed by atoms with Gasteiger partial charge in [0.1, 0.15) is 0 Å². The molecule has 1 atom stereocenters. The molecule has 2 aliphatic heterocycles. The van der Waals surface area contributed by atoms with Gasteiger partial charge in [0.05, 0.1) is 16.9 Å². The molecule has 0 amide bonds. The van der Waals surface area contributed by atoms with Gasteiger partial charge in [0.2, 0.25) is 0 Å².